The molecule has 13 heavy (non-hydrogen) atoms. The fourth-order valence-electron chi connectivity index (χ4n) is 2.01. The van der Waals surface area contributed by atoms with Gasteiger partial charge in [-0.25, -0.2) is 0 Å². The Hall–Kier alpha value is 0.310. The van der Waals surface area contributed by atoms with E-state index in [4.69, 9.17) is 5.73 Å². The van der Waals surface area contributed by atoms with Crippen LogP contribution in [0.25, 0.3) is 0 Å². The summed E-state index contributed by atoms with van der Waals surface area (Å²) in [7, 11) is 0. The van der Waals surface area contributed by atoms with Gasteiger partial charge in [-0.3, -0.25) is 0 Å². The Kier molecular flexibility index (Phi) is 4.60. The van der Waals surface area contributed by atoms with Gasteiger partial charge in [0.2, 0.25) is 0 Å². The number of thioether (sulfide) groups is 1. The number of hydrogen-bond donors (Lipinski definition) is 1. The third-order valence-electron chi connectivity index (χ3n) is 3.22. The first-order valence-electron chi connectivity index (χ1n) is 5.53. The summed E-state index contributed by atoms with van der Waals surface area (Å²) in [6.45, 7) is 4.57. The minimum absolute atomic E-state index is 0.189. The van der Waals surface area contributed by atoms with Crippen LogP contribution in [-0.4, -0.2) is 17.0 Å². The van der Waals surface area contributed by atoms with Crippen LogP contribution in [0, 0.1) is 5.92 Å². The molecule has 0 amide bonds. The Morgan fingerprint density at radius 2 is 2.00 bits per heavy atom. The summed E-state index contributed by atoms with van der Waals surface area (Å²) >= 11 is 2.02. The predicted molar refractivity (Wildman–Crippen MR) is 62.2 cm³/mol. The smallest absolute Gasteiger partial charge is 0.0162 e. The Morgan fingerprint density at radius 3 is 2.54 bits per heavy atom. The zero-order valence-corrected chi connectivity index (χ0v) is 9.83. The lowest BCUT2D eigenvalue weighted by atomic mass is 9.76. The van der Waals surface area contributed by atoms with E-state index < -0.39 is 0 Å². The van der Waals surface area contributed by atoms with Gasteiger partial charge in [0, 0.05) is 5.54 Å². The molecule has 78 valence electrons. The summed E-state index contributed by atoms with van der Waals surface area (Å²) in [6, 6.07) is 0. The monoisotopic (exact) mass is 201 g/mol. The highest BCUT2D eigenvalue weighted by molar-refractivity contribution is 7.99. The van der Waals surface area contributed by atoms with Gasteiger partial charge >= 0.3 is 0 Å². The highest BCUT2D eigenvalue weighted by atomic mass is 32.2. The summed E-state index contributed by atoms with van der Waals surface area (Å²) in [5.74, 6) is 3.39. The summed E-state index contributed by atoms with van der Waals surface area (Å²) in [4.78, 5) is 0. The van der Waals surface area contributed by atoms with Crippen LogP contribution in [0.4, 0.5) is 0 Å². The molecule has 1 rings (SSSR count). The Bertz CT molecular complexity index is 139. The van der Waals surface area contributed by atoms with E-state index >= 15 is 0 Å². The zero-order valence-electron chi connectivity index (χ0n) is 9.01. The fraction of sp³-hybridized carbons (Fsp3) is 1.00. The molecule has 0 bridgehead atoms. The maximum Gasteiger partial charge on any atom is 0.0162 e. The average Bonchev–Trinajstić information content (AvgIpc) is 2.12. The molecule has 0 saturated heterocycles. The van der Waals surface area contributed by atoms with Crippen molar-refractivity contribution in [3.05, 3.63) is 0 Å². The summed E-state index contributed by atoms with van der Waals surface area (Å²) in [5.41, 5.74) is 6.54. The van der Waals surface area contributed by atoms with Crippen LogP contribution in [0.3, 0.4) is 0 Å². The molecule has 0 aromatic carbocycles. The SMILES string of the molecule is CCSCCC1(N)CCC(C)CC1. The predicted octanol–water partition coefficient (Wildman–Crippen LogP) is 3.04. The summed E-state index contributed by atoms with van der Waals surface area (Å²) < 4.78 is 0. The van der Waals surface area contributed by atoms with Crippen molar-refractivity contribution in [2.75, 3.05) is 11.5 Å². The van der Waals surface area contributed by atoms with Crippen molar-refractivity contribution in [2.24, 2.45) is 11.7 Å². The van der Waals surface area contributed by atoms with E-state index in [1.807, 2.05) is 11.8 Å². The number of hydrogen-bond acceptors (Lipinski definition) is 2. The molecular weight excluding hydrogens is 178 g/mol. The van der Waals surface area contributed by atoms with E-state index in [0.717, 1.165) is 5.92 Å². The van der Waals surface area contributed by atoms with Crippen LogP contribution >= 0.6 is 11.8 Å². The largest absolute Gasteiger partial charge is 0.325 e. The lowest BCUT2D eigenvalue weighted by molar-refractivity contribution is 0.240. The lowest BCUT2D eigenvalue weighted by Gasteiger charge is -2.36. The van der Waals surface area contributed by atoms with Crippen molar-refractivity contribution in [3.63, 3.8) is 0 Å². The van der Waals surface area contributed by atoms with E-state index in [0.29, 0.717) is 0 Å². The molecule has 0 spiro atoms. The lowest BCUT2D eigenvalue weighted by Crippen LogP contribution is -2.43. The van der Waals surface area contributed by atoms with Crippen molar-refractivity contribution < 1.29 is 0 Å². The van der Waals surface area contributed by atoms with Gasteiger partial charge in [0.15, 0.2) is 0 Å². The molecule has 2 heteroatoms. The second-order valence-corrected chi connectivity index (χ2v) is 5.89. The second-order valence-electron chi connectivity index (χ2n) is 4.49. The van der Waals surface area contributed by atoms with Crippen molar-refractivity contribution in [2.45, 2.75) is 51.5 Å². The van der Waals surface area contributed by atoms with E-state index in [1.54, 1.807) is 0 Å². The van der Waals surface area contributed by atoms with E-state index in [-0.39, 0.29) is 5.54 Å². The fourth-order valence-corrected chi connectivity index (χ4v) is 2.85. The first-order valence-corrected chi connectivity index (χ1v) is 6.68. The van der Waals surface area contributed by atoms with E-state index in [1.165, 1.54) is 43.6 Å². The molecule has 0 radical (unpaired) electrons. The Labute approximate surface area is 86.8 Å². The van der Waals surface area contributed by atoms with Crippen molar-refractivity contribution in [1.82, 2.24) is 0 Å². The average molecular weight is 201 g/mol. The van der Waals surface area contributed by atoms with E-state index in [2.05, 4.69) is 13.8 Å². The van der Waals surface area contributed by atoms with Gasteiger partial charge in [-0.15, -0.1) is 0 Å². The van der Waals surface area contributed by atoms with Crippen LogP contribution in [0.1, 0.15) is 46.0 Å². The summed E-state index contributed by atoms with van der Waals surface area (Å²) in [6.07, 6.45) is 6.40. The van der Waals surface area contributed by atoms with Crippen LogP contribution in [0.5, 0.6) is 0 Å². The Balaban J connectivity index is 2.22. The normalized spacial score (nSPS) is 34.8. The maximum atomic E-state index is 6.35. The van der Waals surface area contributed by atoms with Crippen LogP contribution in [0.2, 0.25) is 0 Å². The maximum absolute atomic E-state index is 6.35. The number of nitrogens with two attached hydrogens (primary N) is 1. The third-order valence-corrected chi connectivity index (χ3v) is 4.12. The van der Waals surface area contributed by atoms with Crippen LogP contribution < -0.4 is 5.73 Å². The minimum atomic E-state index is 0.189. The molecular formula is C11H23NS. The molecule has 1 nitrogen and oxygen atoms in total. The summed E-state index contributed by atoms with van der Waals surface area (Å²) in [5, 5.41) is 0. The molecule has 0 aromatic rings. The topological polar surface area (TPSA) is 26.0 Å². The van der Waals surface area contributed by atoms with Gasteiger partial charge in [-0.2, -0.15) is 11.8 Å². The molecule has 1 saturated carbocycles. The minimum Gasteiger partial charge on any atom is -0.325 e. The van der Waals surface area contributed by atoms with Gasteiger partial charge in [-0.1, -0.05) is 13.8 Å². The van der Waals surface area contributed by atoms with Crippen molar-refractivity contribution in [3.8, 4) is 0 Å². The third kappa shape index (κ3) is 3.90. The zero-order chi connectivity index (χ0) is 9.73. The highest BCUT2D eigenvalue weighted by Gasteiger charge is 2.29. The molecule has 1 aliphatic rings. The second kappa shape index (κ2) is 5.26. The molecule has 0 heterocycles. The first-order chi connectivity index (χ1) is 6.16. The molecule has 0 aliphatic heterocycles. The molecule has 0 atom stereocenters. The van der Waals surface area contributed by atoms with E-state index in [9.17, 15) is 0 Å². The molecule has 0 unspecified atom stereocenters. The van der Waals surface area contributed by atoms with Gasteiger partial charge < -0.3 is 5.73 Å². The quantitative estimate of drug-likeness (QED) is 0.708. The van der Waals surface area contributed by atoms with Gasteiger partial charge in [-0.05, 0) is 49.5 Å². The first kappa shape index (κ1) is 11.4. The highest BCUT2D eigenvalue weighted by Crippen LogP contribution is 2.32. The molecule has 0 aromatic heterocycles. The van der Waals surface area contributed by atoms with Crippen molar-refractivity contribution >= 4 is 11.8 Å². The van der Waals surface area contributed by atoms with Gasteiger partial charge in [0.25, 0.3) is 0 Å². The van der Waals surface area contributed by atoms with Gasteiger partial charge in [0.05, 0.1) is 0 Å². The van der Waals surface area contributed by atoms with Crippen molar-refractivity contribution in [1.29, 1.82) is 0 Å². The number of rotatable bonds is 4. The molecule has 2 N–H and O–H groups in total. The standard InChI is InChI=1S/C11H23NS/c1-3-13-9-8-11(12)6-4-10(2)5-7-11/h10H,3-9,12H2,1-2H3. The molecule has 1 fully saturated rings. The van der Waals surface area contributed by atoms with Gasteiger partial charge in [0.1, 0.15) is 0 Å². The Morgan fingerprint density at radius 1 is 1.38 bits per heavy atom. The molecule has 1 aliphatic carbocycles. The van der Waals surface area contributed by atoms with Crippen LogP contribution in [0.15, 0.2) is 0 Å². The van der Waals surface area contributed by atoms with Crippen LogP contribution in [-0.2, 0) is 0 Å².